The van der Waals surface area contributed by atoms with E-state index < -0.39 is 0 Å². The number of nitrogens with zero attached hydrogens (tertiary/aromatic N) is 1. The first-order chi connectivity index (χ1) is 16.0. The highest BCUT2D eigenvalue weighted by molar-refractivity contribution is 6.10. The summed E-state index contributed by atoms with van der Waals surface area (Å²) in [6.07, 6.45) is 1.47. The summed E-state index contributed by atoms with van der Waals surface area (Å²) in [5.41, 5.74) is 2.12. The molecular formula is C26H20N2O5. The predicted octanol–water partition coefficient (Wildman–Crippen LogP) is 3.91. The molecule has 7 heteroatoms. The van der Waals surface area contributed by atoms with Crippen LogP contribution in [0, 0.1) is 6.92 Å². The molecule has 0 unspecified atom stereocenters. The Morgan fingerprint density at radius 3 is 2.58 bits per heavy atom. The van der Waals surface area contributed by atoms with E-state index in [1.54, 1.807) is 65.2 Å². The third-order valence-electron chi connectivity index (χ3n) is 5.49. The summed E-state index contributed by atoms with van der Waals surface area (Å²) in [5.74, 6) is 0.498. The van der Waals surface area contributed by atoms with E-state index in [2.05, 4.69) is 5.32 Å². The monoisotopic (exact) mass is 440 g/mol. The molecule has 0 saturated heterocycles. The molecule has 0 saturated carbocycles. The number of carbonyl (C=O) groups excluding carboxylic acids is 2. The first-order valence-electron chi connectivity index (χ1n) is 10.4. The normalized spacial score (nSPS) is 12.0. The number of pyridine rings is 1. The molecule has 0 radical (unpaired) electrons. The second-order valence-electron chi connectivity index (χ2n) is 7.83. The standard InChI is InChI=1S/C26H20N2O5/c1-16-7-9-21-19(11-16)26(31)20(25(30)17-5-3-2-4-6-17)13-28(21)14-24(29)27-18-8-10-22-23(12-18)33-15-32-22/h2-13H,14-15H2,1H3,(H,27,29). The van der Waals surface area contributed by atoms with Crippen molar-refractivity contribution in [1.29, 1.82) is 0 Å². The second kappa shape index (κ2) is 8.27. The molecule has 1 aliphatic heterocycles. The van der Waals surface area contributed by atoms with Crippen LogP contribution in [0.5, 0.6) is 11.5 Å². The van der Waals surface area contributed by atoms with Crippen molar-refractivity contribution in [2.24, 2.45) is 0 Å². The van der Waals surface area contributed by atoms with Crippen molar-refractivity contribution in [1.82, 2.24) is 4.57 Å². The number of rotatable bonds is 5. The molecule has 0 bridgehead atoms. The molecule has 0 aliphatic carbocycles. The van der Waals surface area contributed by atoms with Crippen LogP contribution in [0.25, 0.3) is 10.9 Å². The summed E-state index contributed by atoms with van der Waals surface area (Å²) < 4.78 is 12.3. The van der Waals surface area contributed by atoms with E-state index in [1.165, 1.54) is 6.20 Å². The number of amides is 1. The van der Waals surface area contributed by atoms with Crippen molar-refractivity contribution in [3.05, 3.63) is 99.8 Å². The number of anilines is 1. The molecule has 7 nitrogen and oxygen atoms in total. The number of ketones is 1. The lowest BCUT2D eigenvalue weighted by atomic mass is 10.0. The molecule has 5 rings (SSSR count). The number of hydrogen-bond acceptors (Lipinski definition) is 5. The van der Waals surface area contributed by atoms with Crippen molar-refractivity contribution in [3.8, 4) is 11.5 Å². The van der Waals surface area contributed by atoms with Gasteiger partial charge in [-0.15, -0.1) is 0 Å². The Balaban J connectivity index is 1.51. The van der Waals surface area contributed by atoms with Crippen LogP contribution >= 0.6 is 0 Å². The smallest absolute Gasteiger partial charge is 0.244 e. The number of ether oxygens (including phenoxy) is 2. The summed E-state index contributed by atoms with van der Waals surface area (Å²) in [6.45, 7) is 1.94. The molecule has 4 aromatic rings. The maximum Gasteiger partial charge on any atom is 0.244 e. The van der Waals surface area contributed by atoms with E-state index in [-0.39, 0.29) is 36.0 Å². The van der Waals surface area contributed by atoms with Crippen LogP contribution < -0.4 is 20.2 Å². The van der Waals surface area contributed by atoms with Gasteiger partial charge in [0.1, 0.15) is 6.54 Å². The minimum absolute atomic E-state index is 0.0233. The van der Waals surface area contributed by atoms with Gasteiger partial charge in [-0.2, -0.15) is 0 Å². The molecule has 0 atom stereocenters. The van der Waals surface area contributed by atoms with E-state index in [0.717, 1.165) is 5.56 Å². The summed E-state index contributed by atoms with van der Waals surface area (Å²) in [7, 11) is 0. The van der Waals surface area contributed by atoms with Crippen molar-refractivity contribution in [2.45, 2.75) is 13.5 Å². The van der Waals surface area contributed by atoms with E-state index in [1.807, 2.05) is 13.0 Å². The van der Waals surface area contributed by atoms with Gasteiger partial charge in [-0.1, -0.05) is 42.0 Å². The van der Waals surface area contributed by atoms with Gasteiger partial charge in [0, 0.05) is 28.9 Å². The van der Waals surface area contributed by atoms with E-state index >= 15 is 0 Å². The van der Waals surface area contributed by atoms with Crippen LogP contribution in [-0.2, 0) is 11.3 Å². The molecule has 1 amide bonds. The quantitative estimate of drug-likeness (QED) is 0.476. The molecule has 33 heavy (non-hydrogen) atoms. The van der Waals surface area contributed by atoms with Gasteiger partial charge in [0.25, 0.3) is 0 Å². The van der Waals surface area contributed by atoms with Gasteiger partial charge >= 0.3 is 0 Å². The van der Waals surface area contributed by atoms with Crippen molar-refractivity contribution >= 4 is 28.3 Å². The maximum atomic E-state index is 13.2. The van der Waals surface area contributed by atoms with Crippen LogP contribution in [0.1, 0.15) is 21.5 Å². The summed E-state index contributed by atoms with van der Waals surface area (Å²) >= 11 is 0. The van der Waals surface area contributed by atoms with Crippen LogP contribution in [0.2, 0.25) is 0 Å². The van der Waals surface area contributed by atoms with Crippen LogP contribution in [-0.4, -0.2) is 23.1 Å². The molecule has 1 aliphatic rings. The number of aromatic nitrogens is 1. The van der Waals surface area contributed by atoms with Gasteiger partial charge in [-0.3, -0.25) is 14.4 Å². The Hall–Kier alpha value is -4.39. The van der Waals surface area contributed by atoms with Gasteiger partial charge < -0.3 is 19.4 Å². The van der Waals surface area contributed by atoms with Crippen LogP contribution in [0.4, 0.5) is 5.69 Å². The molecular weight excluding hydrogens is 420 g/mol. The Morgan fingerprint density at radius 2 is 1.76 bits per heavy atom. The number of fused-ring (bicyclic) bond motifs is 2. The van der Waals surface area contributed by atoms with Crippen LogP contribution in [0.3, 0.4) is 0 Å². The Labute approximate surface area is 189 Å². The SMILES string of the molecule is Cc1ccc2c(c1)c(=O)c(C(=O)c1ccccc1)cn2CC(=O)Nc1ccc2c(c1)OCO2. The zero-order valence-electron chi connectivity index (χ0n) is 17.8. The first kappa shape index (κ1) is 20.5. The average Bonchev–Trinajstić information content (AvgIpc) is 3.29. The largest absolute Gasteiger partial charge is 0.454 e. The fourth-order valence-electron chi connectivity index (χ4n) is 3.88. The fraction of sp³-hybridized carbons (Fsp3) is 0.115. The van der Waals surface area contributed by atoms with E-state index in [9.17, 15) is 14.4 Å². The van der Waals surface area contributed by atoms with Gasteiger partial charge in [-0.25, -0.2) is 0 Å². The van der Waals surface area contributed by atoms with Gasteiger partial charge in [0.15, 0.2) is 17.3 Å². The number of benzene rings is 3. The highest BCUT2D eigenvalue weighted by Crippen LogP contribution is 2.34. The molecule has 3 aromatic carbocycles. The Morgan fingerprint density at radius 1 is 0.970 bits per heavy atom. The van der Waals surface area contributed by atoms with Crippen molar-refractivity contribution < 1.29 is 19.1 Å². The lowest BCUT2D eigenvalue weighted by Crippen LogP contribution is -2.24. The van der Waals surface area contributed by atoms with Gasteiger partial charge in [0.2, 0.25) is 18.1 Å². The number of hydrogen-bond donors (Lipinski definition) is 1. The van der Waals surface area contributed by atoms with Crippen molar-refractivity contribution in [2.75, 3.05) is 12.1 Å². The molecule has 1 N–H and O–H groups in total. The molecule has 2 heterocycles. The zero-order chi connectivity index (χ0) is 22.9. The molecule has 1 aromatic heterocycles. The fourth-order valence-corrected chi connectivity index (χ4v) is 3.88. The Kier molecular flexibility index (Phi) is 5.14. The van der Waals surface area contributed by atoms with E-state index in [0.29, 0.717) is 33.7 Å². The number of carbonyl (C=O) groups is 2. The topological polar surface area (TPSA) is 86.6 Å². The highest BCUT2D eigenvalue weighted by atomic mass is 16.7. The molecule has 0 spiro atoms. The maximum absolute atomic E-state index is 13.2. The number of nitrogens with one attached hydrogen (secondary N) is 1. The van der Waals surface area contributed by atoms with E-state index in [4.69, 9.17) is 9.47 Å². The first-order valence-corrected chi connectivity index (χ1v) is 10.4. The lowest BCUT2D eigenvalue weighted by molar-refractivity contribution is -0.116. The predicted molar refractivity (Wildman–Crippen MR) is 124 cm³/mol. The molecule has 164 valence electrons. The third-order valence-corrected chi connectivity index (χ3v) is 5.49. The van der Waals surface area contributed by atoms with Crippen LogP contribution in [0.15, 0.2) is 77.7 Å². The Bertz CT molecular complexity index is 1460. The van der Waals surface area contributed by atoms with Gasteiger partial charge in [-0.05, 0) is 31.2 Å². The second-order valence-corrected chi connectivity index (χ2v) is 7.83. The summed E-state index contributed by atoms with van der Waals surface area (Å²) in [5, 5.41) is 3.23. The minimum atomic E-state index is -0.381. The highest BCUT2D eigenvalue weighted by Gasteiger charge is 2.19. The summed E-state index contributed by atoms with van der Waals surface area (Å²) in [4.78, 5) is 39.1. The lowest BCUT2D eigenvalue weighted by Gasteiger charge is -2.14. The summed E-state index contributed by atoms with van der Waals surface area (Å²) in [6, 6.07) is 19.2. The third kappa shape index (κ3) is 3.96. The van der Waals surface area contributed by atoms with Gasteiger partial charge in [0.05, 0.1) is 11.1 Å². The average molecular weight is 440 g/mol. The minimum Gasteiger partial charge on any atom is -0.454 e. The van der Waals surface area contributed by atoms with Crippen molar-refractivity contribution in [3.63, 3.8) is 0 Å². The molecule has 0 fully saturated rings. The zero-order valence-corrected chi connectivity index (χ0v) is 17.8. The number of aryl methyl sites for hydroxylation is 1.